The van der Waals surface area contributed by atoms with Crippen molar-refractivity contribution in [3.8, 4) is 0 Å². The predicted octanol–water partition coefficient (Wildman–Crippen LogP) is 0.627. The van der Waals surface area contributed by atoms with E-state index in [1.807, 2.05) is 0 Å². The first kappa shape index (κ1) is 5.63. The lowest BCUT2D eigenvalue weighted by Crippen LogP contribution is -2.38. The molecular formula is C3HF3N4. The van der Waals surface area contributed by atoms with E-state index in [4.69, 9.17) is 0 Å². The first-order chi connectivity index (χ1) is 4.56. The molecule has 2 aliphatic heterocycles. The molecule has 0 fully saturated rings. The molecule has 0 aromatic heterocycles. The molecule has 0 amide bonds. The minimum absolute atomic E-state index is 0.208. The summed E-state index contributed by atoms with van der Waals surface area (Å²) in [5, 5.41) is 8.91. The van der Waals surface area contributed by atoms with E-state index in [0.29, 0.717) is 0 Å². The van der Waals surface area contributed by atoms with Gasteiger partial charge >= 0.3 is 11.8 Å². The Morgan fingerprint density at radius 3 is 1.90 bits per heavy atom. The van der Waals surface area contributed by atoms with E-state index in [9.17, 15) is 13.2 Å². The van der Waals surface area contributed by atoms with E-state index >= 15 is 0 Å². The molecule has 0 unspecified atom stereocenters. The monoisotopic (exact) mass is 150 g/mol. The van der Waals surface area contributed by atoms with Crippen molar-refractivity contribution in [1.82, 2.24) is 5.43 Å². The Balaban J connectivity index is 2.22. The molecule has 0 atom stereocenters. The molecule has 0 aliphatic carbocycles. The molecule has 54 valence electrons. The fourth-order valence-corrected chi connectivity index (χ4v) is 0.576. The van der Waals surface area contributed by atoms with Crippen LogP contribution in [0.15, 0.2) is 15.3 Å². The highest BCUT2D eigenvalue weighted by Gasteiger charge is 2.70. The average molecular weight is 150 g/mol. The fourth-order valence-electron chi connectivity index (χ4n) is 0.576. The number of rotatable bonds is 1. The zero-order valence-corrected chi connectivity index (χ0v) is 4.48. The van der Waals surface area contributed by atoms with Crippen LogP contribution in [0, 0.1) is 0 Å². The van der Waals surface area contributed by atoms with Gasteiger partial charge in [0.05, 0.1) is 0 Å². The summed E-state index contributed by atoms with van der Waals surface area (Å²) in [7, 11) is 0. The topological polar surface area (TPSA) is 59.0 Å². The number of hydrogen-bond acceptors (Lipinski definition) is 4. The number of hydrogen-bond donors (Lipinski definition) is 1. The quantitative estimate of drug-likeness (QED) is 0.585. The van der Waals surface area contributed by atoms with Crippen LogP contribution in [0.1, 0.15) is 0 Å². The number of amidine groups is 1. The van der Waals surface area contributed by atoms with Crippen LogP contribution < -0.4 is 5.43 Å². The number of hydrazone groups is 1. The van der Waals surface area contributed by atoms with E-state index in [1.165, 1.54) is 0 Å². The summed E-state index contributed by atoms with van der Waals surface area (Å²) in [4.78, 5) is 0. The van der Waals surface area contributed by atoms with Gasteiger partial charge in [-0.15, -0.1) is 10.2 Å². The number of nitrogens with one attached hydrogen (secondary N) is 1. The molecule has 0 aromatic carbocycles. The molecular weight excluding hydrogens is 149 g/mol. The van der Waals surface area contributed by atoms with Gasteiger partial charge in [-0.25, -0.2) is 0 Å². The molecule has 10 heavy (non-hydrogen) atoms. The van der Waals surface area contributed by atoms with E-state index in [1.54, 1.807) is 0 Å². The molecule has 2 heterocycles. The van der Waals surface area contributed by atoms with Gasteiger partial charge in [-0.1, -0.05) is 0 Å². The van der Waals surface area contributed by atoms with Crippen LogP contribution in [0.3, 0.4) is 0 Å². The Morgan fingerprint density at radius 1 is 1.30 bits per heavy atom. The van der Waals surface area contributed by atoms with Crippen LogP contribution >= 0.6 is 0 Å². The molecule has 2 rings (SSSR count). The zero-order valence-electron chi connectivity index (χ0n) is 4.48. The zero-order chi connectivity index (χ0) is 7.41. The van der Waals surface area contributed by atoms with Crippen LogP contribution in [-0.2, 0) is 0 Å². The summed E-state index contributed by atoms with van der Waals surface area (Å²) in [6.45, 7) is 0. The second-order valence-electron chi connectivity index (χ2n) is 1.94. The van der Waals surface area contributed by atoms with Gasteiger partial charge in [0.1, 0.15) is 0 Å². The largest absolute Gasteiger partial charge is 0.445 e. The summed E-state index contributed by atoms with van der Waals surface area (Å²) in [5.41, 5.74) is -0.235. The summed E-state index contributed by atoms with van der Waals surface area (Å²) >= 11 is 0. The summed E-state index contributed by atoms with van der Waals surface area (Å²) in [6, 6.07) is 0. The second-order valence-corrected chi connectivity index (χ2v) is 1.94. The number of alkyl halides is 3. The van der Waals surface area contributed by atoms with E-state index < -0.39 is 11.8 Å². The maximum atomic E-state index is 11.9. The normalized spacial score (nSPS) is 25.3. The lowest BCUT2D eigenvalue weighted by atomic mass is 10.2. The Bertz CT molecular complexity index is 233. The minimum Gasteiger partial charge on any atom is -0.257 e. The van der Waals surface area contributed by atoms with Gasteiger partial charge in [-0.3, -0.25) is 5.43 Å². The van der Waals surface area contributed by atoms with Crippen LogP contribution in [0.2, 0.25) is 0 Å². The van der Waals surface area contributed by atoms with Crippen molar-refractivity contribution in [1.29, 1.82) is 0 Å². The number of nitrogens with zero attached hydrogens (tertiary/aromatic N) is 3. The summed E-state index contributed by atoms with van der Waals surface area (Å²) in [6.07, 6.45) is -4.44. The van der Waals surface area contributed by atoms with Crippen molar-refractivity contribution in [3.63, 3.8) is 0 Å². The summed E-state index contributed by atoms with van der Waals surface area (Å²) in [5.74, 6) is -0.208. The minimum atomic E-state index is -4.44. The van der Waals surface area contributed by atoms with Crippen LogP contribution in [0.25, 0.3) is 0 Å². The van der Waals surface area contributed by atoms with Crippen LogP contribution in [-0.4, -0.2) is 17.7 Å². The average Bonchev–Trinajstić information content (AvgIpc) is 2.56. The Hall–Kier alpha value is -1.14. The molecule has 0 spiro atoms. The van der Waals surface area contributed by atoms with Crippen molar-refractivity contribution in [2.75, 3.05) is 0 Å². The van der Waals surface area contributed by atoms with Crippen molar-refractivity contribution in [3.05, 3.63) is 0 Å². The summed E-state index contributed by atoms with van der Waals surface area (Å²) < 4.78 is 35.6. The molecule has 0 bridgehead atoms. The first-order valence-electron chi connectivity index (χ1n) is 2.41. The van der Waals surface area contributed by atoms with Gasteiger partial charge in [0.15, 0.2) is 0 Å². The molecule has 0 radical (unpaired) electrons. The Kier molecular flexibility index (Phi) is 0.653. The van der Waals surface area contributed by atoms with Crippen molar-refractivity contribution >= 4 is 5.84 Å². The predicted molar refractivity (Wildman–Crippen MR) is 24.2 cm³/mol. The van der Waals surface area contributed by atoms with Crippen molar-refractivity contribution in [2.45, 2.75) is 11.8 Å². The van der Waals surface area contributed by atoms with Gasteiger partial charge in [0.25, 0.3) is 0 Å². The fraction of sp³-hybridized carbons (Fsp3) is 0.667. The van der Waals surface area contributed by atoms with Crippen molar-refractivity contribution < 1.29 is 13.2 Å². The lowest BCUT2D eigenvalue weighted by molar-refractivity contribution is -0.145. The van der Waals surface area contributed by atoms with Gasteiger partial charge in [0, 0.05) is 0 Å². The van der Waals surface area contributed by atoms with E-state index in [2.05, 4.69) is 20.8 Å². The molecule has 0 aromatic rings. The Morgan fingerprint density at radius 2 is 1.80 bits per heavy atom. The SMILES string of the molecule is FC(F)(F)C1(C2=NN2)N=N1. The van der Waals surface area contributed by atoms with Crippen LogP contribution in [0.4, 0.5) is 13.2 Å². The van der Waals surface area contributed by atoms with E-state index in [0.717, 1.165) is 0 Å². The standard InChI is InChI=1S/C3HF3N4/c4-3(5,6)2(9-10-2)1-7-8-1/h(H,7,8). The highest BCUT2D eigenvalue weighted by molar-refractivity contribution is 6.01. The van der Waals surface area contributed by atoms with Crippen molar-refractivity contribution in [2.24, 2.45) is 15.3 Å². The molecule has 2 aliphatic rings. The number of halogens is 3. The second kappa shape index (κ2) is 1.16. The Labute approximate surface area is 52.8 Å². The third-order valence-corrected chi connectivity index (χ3v) is 1.25. The van der Waals surface area contributed by atoms with Gasteiger partial charge in [-0.05, 0) is 0 Å². The third kappa shape index (κ3) is 0.493. The van der Waals surface area contributed by atoms with Gasteiger partial charge in [-0.2, -0.15) is 18.3 Å². The lowest BCUT2D eigenvalue weighted by Gasteiger charge is -2.07. The highest BCUT2D eigenvalue weighted by Crippen LogP contribution is 2.46. The molecule has 7 heteroatoms. The van der Waals surface area contributed by atoms with Gasteiger partial charge < -0.3 is 0 Å². The third-order valence-electron chi connectivity index (χ3n) is 1.25. The molecule has 0 saturated carbocycles. The maximum Gasteiger partial charge on any atom is 0.445 e. The maximum absolute atomic E-state index is 11.9. The molecule has 4 nitrogen and oxygen atoms in total. The van der Waals surface area contributed by atoms with E-state index in [-0.39, 0.29) is 5.84 Å². The highest BCUT2D eigenvalue weighted by atomic mass is 19.4. The first-order valence-corrected chi connectivity index (χ1v) is 2.41. The molecule has 1 N–H and O–H groups in total. The molecule has 0 saturated heterocycles. The van der Waals surface area contributed by atoms with Crippen LogP contribution in [0.5, 0.6) is 0 Å². The smallest absolute Gasteiger partial charge is 0.257 e. The van der Waals surface area contributed by atoms with Gasteiger partial charge in [0.2, 0.25) is 5.84 Å².